The number of rotatable bonds is 5. The number of Topliss-reactive ketones (excluding diaryl/α,β-unsaturated/α-hetero) is 2. The number of fused-ring (bicyclic) bond motifs is 4. The summed E-state index contributed by atoms with van der Waals surface area (Å²) >= 11 is 0. The average molecular weight is 533 g/mol. The van der Waals surface area contributed by atoms with Crippen molar-refractivity contribution >= 4 is 17.5 Å². The summed E-state index contributed by atoms with van der Waals surface area (Å²) in [5.74, 6) is -2.47. The number of carboxylic acids is 1. The molecule has 9 atom stereocenters. The molecule has 0 unspecified atom stereocenters. The molecule has 38 heavy (non-hydrogen) atoms. The Morgan fingerprint density at radius 1 is 1.05 bits per heavy atom. The van der Waals surface area contributed by atoms with Crippen LogP contribution < -0.4 is 0 Å². The normalized spacial score (nSPS) is 42.6. The highest BCUT2D eigenvalue weighted by Crippen LogP contribution is 2.71. The Kier molecular flexibility index (Phi) is 6.86. The Labute approximate surface area is 224 Å². The van der Waals surface area contributed by atoms with E-state index in [1.807, 2.05) is 34.6 Å². The van der Waals surface area contributed by atoms with Crippen molar-refractivity contribution in [3.63, 3.8) is 0 Å². The molecular formula is C30H44O8. The summed E-state index contributed by atoms with van der Waals surface area (Å²) in [5, 5.41) is 53.3. The highest BCUT2D eigenvalue weighted by molar-refractivity contribution is 6.01. The molecule has 2 fully saturated rings. The first-order chi connectivity index (χ1) is 17.4. The molecule has 0 aliphatic heterocycles. The molecule has 0 radical (unpaired) electrons. The number of aliphatic hydroxyl groups excluding tert-OH is 4. The molecule has 4 aliphatic carbocycles. The van der Waals surface area contributed by atoms with E-state index in [0.29, 0.717) is 36.8 Å². The lowest BCUT2D eigenvalue weighted by molar-refractivity contribution is -0.146. The van der Waals surface area contributed by atoms with Gasteiger partial charge in [-0.15, -0.1) is 0 Å². The summed E-state index contributed by atoms with van der Waals surface area (Å²) in [7, 11) is 0. The molecule has 0 bridgehead atoms. The summed E-state index contributed by atoms with van der Waals surface area (Å²) < 4.78 is 0. The largest absolute Gasteiger partial charge is 0.509 e. The van der Waals surface area contributed by atoms with Crippen molar-refractivity contribution in [3.05, 3.63) is 22.5 Å². The van der Waals surface area contributed by atoms with Crippen LogP contribution in [0.5, 0.6) is 0 Å². The summed E-state index contributed by atoms with van der Waals surface area (Å²) in [6.45, 7) is 12.9. The fourth-order valence-electron chi connectivity index (χ4n) is 9.18. The summed E-state index contributed by atoms with van der Waals surface area (Å²) in [4.78, 5) is 38.2. The zero-order valence-corrected chi connectivity index (χ0v) is 23.7. The van der Waals surface area contributed by atoms with Gasteiger partial charge in [0, 0.05) is 34.7 Å². The van der Waals surface area contributed by atoms with Crippen LogP contribution in [0, 0.1) is 39.4 Å². The zero-order chi connectivity index (χ0) is 28.7. The van der Waals surface area contributed by atoms with Crippen LogP contribution in [0.4, 0.5) is 0 Å². The van der Waals surface area contributed by atoms with Crippen LogP contribution in [0.3, 0.4) is 0 Å². The van der Waals surface area contributed by atoms with E-state index in [2.05, 4.69) is 6.92 Å². The molecule has 0 amide bonds. The monoisotopic (exact) mass is 532 g/mol. The Morgan fingerprint density at radius 3 is 2.24 bits per heavy atom. The summed E-state index contributed by atoms with van der Waals surface area (Å²) in [5.41, 5.74) is -1.96. The molecule has 2 saturated carbocycles. The van der Waals surface area contributed by atoms with Crippen molar-refractivity contribution in [2.75, 3.05) is 0 Å². The van der Waals surface area contributed by atoms with Crippen LogP contribution in [-0.2, 0) is 14.4 Å². The minimum absolute atomic E-state index is 0.0484. The number of allylic oxidation sites excluding steroid dienone is 1. The number of aliphatic hydroxyl groups is 4. The number of hydrogen-bond donors (Lipinski definition) is 5. The van der Waals surface area contributed by atoms with E-state index in [-0.39, 0.29) is 47.7 Å². The van der Waals surface area contributed by atoms with Crippen molar-refractivity contribution in [2.45, 2.75) is 105 Å². The number of aliphatic carboxylic acids is 1. The van der Waals surface area contributed by atoms with Crippen LogP contribution in [0.1, 0.15) is 87.0 Å². The first-order valence-corrected chi connectivity index (χ1v) is 13.8. The lowest BCUT2D eigenvalue weighted by atomic mass is 9.42. The molecule has 0 spiro atoms. The van der Waals surface area contributed by atoms with Gasteiger partial charge in [-0.3, -0.25) is 9.59 Å². The second-order valence-corrected chi connectivity index (χ2v) is 13.8. The summed E-state index contributed by atoms with van der Waals surface area (Å²) in [6, 6.07) is 0. The molecule has 8 nitrogen and oxygen atoms in total. The quantitative estimate of drug-likeness (QED) is 0.265. The van der Waals surface area contributed by atoms with Crippen molar-refractivity contribution in [1.29, 1.82) is 0 Å². The van der Waals surface area contributed by atoms with E-state index in [0.717, 1.165) is 0 Å². The first-order valence-electron chi connectivity index (χ1n) is 13.8. The van der Waals surface area contributed by atoms with Crippen molar-refractivity contribution < 1.29 is 39.9 Å². The molecule has 4 rings (SSSR count). The first kappa shape index (κ1) is 29.0. The Bertz CT molecular complexity index is 1130. The van der Waals surface area contributed by atoms with E-state index in [1.54, 1.807) is 0 Å². The minimum atomic E-state index is -1.38. The van der Waals surface area contributed by atoms with Crippen LogP contribution in [0.2, 0.25) is 0 Å². The highest BCUT2D eigenvalue weighted by Gasteiger charge is 2.70. The standard InChI is InChI=1S/C30H44O8/c1-14(10-18(32)25(36)15(2)26(37)38)16-11-22(35)30(7)24-17(31)12-20-27(3,4)21(34)8-9-28(20,5)23(24)19(33)13-29(16,30)6/h14,16-18,20,22,31-32,35-36H,8-13H2,1-7H3,(H,37,38)/b25-15-/t14-,16-,17-,18+,20-,22+,28+,29-,30+/m1/s1. The molecule has 5 N–H and O–H groups in total. The smallest absolute Gasteiger partial charge is 0.334 e. The van der Waals surface area contributed by atoms with Gasteiger partial charge < -0.3 is 25.5 Å². The summed E-state index contributed by atoms with van der Waals surface area (Å²) in [6.07, 6.45) is -1.32. The van der Waals surface area contributed by atoms with Crippen LogP contribution >= 0.6 is 0 Å². The van der Waals surface area contributed by atoms with E-state index in [9.17, 15) is 39.9 Å². The maximum atomic E-state index is 14.1. The third kappa shape index (κ3) is 3.69. The molecule has 4 aliphatic rings. The fourth-order valence-corrected chi connectivity index (χ4v) is 9.18. The van der Waals surface area contributed by atoms with E-state index in [4.69, 9.17) is 0 Å². The third-order valence-electron chi connectivity index (χ3n) is 11.7. The predicted octanol–water partition coefficient (Wildman–Crippen LogP) is 3.73. The van der Waals surface area contributed by atoms with E-state index < -0.39 is 51.7 Å². The second kappa shape index (κ2) is 9.00. The molecule has 212 valence electrons. The molecule has 0 aromatic carbocycles. The Balaban J connectivity index is 1.77. The molecule has 8 heteroatoms. The molecule has 0 saturated heterocycles. The van der Waals surface area contributed by atoms with Gasteiger partial charge in [-0.05, 0) is 61.3 Å². The fraction of sp³-hybridized carbons (Fsp3) is 0.767. The van der Waals surface area contributed by atoms with Gasteiger partial charge >= 0.3 is 5.97 Å². The van der Waals surface area contributed by atoms with Gasteiger partial charge in [-0.2, -0.15) is 0 Å². The number of carboxylic acid groups (broad SMARTS) is 1. The zero-order valence-electron chi connectivity index (χ0n) is 23.7. The van der Waals surface area contributed by atoms with E-state index in [1.165, 1.54) is 6.92 Å². The van der Waals surface area contributed by atoms with Gasteiger partial charge in [0.15, 0.2) is 5.78 Å². The van der Waals surface area contributed by atoms with Gasteiger partial charge in [0.2, 0.25) is 0 Å². The van der Waals surface area contributed by atoms with Crippen LogP contribution in [0.25, 0.3) is 0 Å². The van der Waals surface area contributed by atoms with Crippen molar-refractivity contribution in [1.82, 2.24) is 0 Å². The Morgan fingerprint density at radius 2 is 1.66 bits per heavy atom. The number of carbonyl (C=O) groups is 3. The van der Waals surface area contributed by atoms with Crippen LogP contribution in [0.15, 0.2) is 22.5 Å². The van der Waals surface area contributed by atoms with Gasteiger partial charge in [0.1, 0.15) is 17.6 Å². The maximum Gasteiger partial charge on any atom is 0.334 e. The molecular weight excluding hydrogens is 488 g/mol. The predicted molar refractivity (Wildman–Crippen MR) is 140 cm³/mol. The molecule has 0 aromatic rings. The number of hydrogen-bond acceptors (Lipinski definition) is 7. The van der Waals surface area contributed by atoms with Gasteiger partial charge in [0.25, 0.3) is 0 Å². The van der Waals surface area contributed by atoms with Gasteiger partial charge in [-0.25, -0.2) is 4.79 Å². The van der Waals surface area contributed by atoms with Crippen molar-refractivity contribution in [2.24, 2.45) is 39.4 Å². The lowest BCUT2D eigenvalue weighted by Gasteiger charge is -2.61. The maximum absolute atomic E-state index is 14.1. The highest BCUT2D eigenvalue weighted by atomic mass is 16.4. The van der Waals surface area contributed by atoms with Crippen LogP contribution in [-0.4, -0.2) is 61.4 Å². The number of ketones is 2. The van der Waals surface area contributed by atoms with Gasteiger partial charge in [0.05, 0.1) is 17.8 Å². The topological polar surface area (TPSA) is 152 Å². The third-order valence-corrected chi connectivity index (χ3v) is 11.7. The molecule has 0 aromatic heterocycles. The lowest BCUT2D eigenvalue weighted by Crippen LogP contribution is -2.60. The Hall–Kier alpha value is -2.03. The van der Waals surface area contributed by atoms with Gasteiger partial charge in [-0.1, -0.05) is 41.5 Å². The number of carbonyl (C=O) groups excluding carboxylic acids is 2. The molecule has 0 heterocycles. The second-order valence-electron chi connectivity index (χ2n) is 13.8. The average Bonchev–Trinajstić information content (AvgIpc) is 3.03. The minimum Gasteiger partial charge on any atom is -0.509 e. The SMILES string of the molecule is C/C(C(=O)O)=C(/O)[C@@H](O)C[C@@H](C)[C@H]1C[C@H](O)[C@@]2(C)C3=C(C(=O)C[C@]12C)[C@@]1(C)CCC(=O)C(C)(C)[C@H]1C[C@H]3O. The van der Waals surface area contributed by atoms with Crippen molar-refractivity contribution in [3.8, 4) is 0 Å². The van der Waals surface area contributed by atoms with E-state index >= 15 is 0 Å².